The van der Waals surface area contributed by atoms with E-state index in [1.165, 1.54) is 25.8 Å². The topological polar surface area (TPSA) is 63.1 Å². The van der Waals surface area contributed by atoms with Crippen molar-refractivity contribution in [3.63, 3.8) is 0 Å². The summed E-state index contributed by atoms with van der Waals surface area (Å²) in [7, 11) is 0. The number of fused-ring (bicyclic) bond motifs is 2. The second-order valence-corrected chi connectivity index (χ2v) is 7.70. The molecular formula is C19H27N5O. The Morgan fingerprint density at radius 3 is 2.92 bits per heavy atom. The molecule has 4 heterocycles. The number of carbonyl (C=O) groups excluding carboxylic acids is 1. The Kier molecular flexibility index (Phi) is 4.23. The number of amides is 1. The predicted molar refractivity (Wildman–Crippen MR) is 97.7 cm³/mol. The maximum absolute atomic E-state index is 13.0. The molecule has 2 aromatic rings. The van der Waals surface area contributed by atoms with Crippen LogP contribution in [-0.2, 0) is 0 Å². The fourth-order valence-corrected chi connectivity index (χ4v) is 4.37. The first kappa shape index (κ1) is 16.5. The van der Waals surface area contributed by atoms with Crippen LogP contribution >= 0.6 is 0 Å². The van der Waals surface area contributed by atoms with Crippen LogP contribution in [0.4, 0.5) is 0 Å². The smallest absolute Gasteiger partial charge is 0.252 e. The van der Waals surface area contributed by atoms with Crippen molar-refractivity contribution < 1.29 is 4.79 Å². The van der Waals surface area contributed by atoms with Crippen molar-refractivity contribution in [2.24, 2.45) is 0 Å². The number of pyridine rings is 1. The maximum Gasteiger partial charge on any atom is 0.252 e. The maximum atomic E-state index is 13.0. The number of hydrogen-bond donors (Lipinski definition) is 1. The van der Waals surface area contributed by atoms with Crippen LogP contribution in [0.1, 0.15) is 61.6 Å². The summed E-state index contributed by atoms with van der Waals surface area (Å²) in [5.41, 5.74) is 2.35. The van der Waals surface area contributed by atoms with Gasteiger partial charge in [0, 0.05) is 30.4 Å². The lowest BCUT2D eigenvalue weighted by atomic mass is 9.98. The minimum atomic E-state index is 0.0104. The predicted octanol–water partition coefficient (Wildman–Crippen LogP) is 2.68. The number of aryl methyl sites for hydroxylation is 1. The lowest BCUT2D eigenvalue weighted by Crippen LogP contribution is -2.46. The molecule has 2 aromatic heterocycles. The molecule has 2 aliphatic rings. The van der Waals surface area contributed by atoms with Gasteiger partial charge in [0.05, 0.1) is 17.1 Å². The van der Waals surface area contributed by atoms with Crippen LogP contribution in [0, 0.1) is 6.92 Å². The van der Waals surface area contributed by atoms with E-state index < -0.39 is 0 Å². The van der Waals surface area contributed by atoms with Crippen LogP contribution in [0.2, 0.25) is 0 Å². The Morgan fingerprint density at radius 1 is 1.28 bits per heavy atom. The number of nitrogens with zero attached hydrogens (tertiary/aromatic N) is 4. The summed E-state index contributed by atoms with van der Waals surface area (Å²) in [5.74, 6) is 0.0104. The van der Waals surface area contributed by atoms with Gasteiger partial charge in [-0.1, -0.05) is 6.42 Å². The molecule has 0 radical (unpaired) electrons. The Labute approximate surface area is 148 Å². The van der Waals surface area contributed by atoms with Gasteiger partial charge in [0.2, 0.25) is 0 Å². The molecule has 4 rings (SSSR count). The van der Waals surface area contributed by atoms with Crippen molar-refractivity contribution in [3.05, 3.63) is 23.5 Å². The highest BCUT2D eigenvalue weighted by atomic mass is 16.1. The first-order valence-electron chi connectivity index (χ1n) is 9.44. The highest BCUT2D eigenvalue weighted by molar-refractivity contribution is 6.05. The number of hydrogen-bond acceptors (Lipinski definition) is 4. The zero-order valence-electron chi connectivity index (χ0n) is 15.3. The molecule has 25 heavy (non-hydrogen) atoms. The lowest BCUT2D eigenvalue weighted by molar-refractivity contribution is 0.0917. The molecule has 2 aliphatic heterocycles. The van der Waals surface area contributed by atoms with E-state index in [1.54, 1.807) is 6.20 Å². The molecular weight excluding hydrogens is 314 g/mol. The molecule has 0 spiro atoms. The summed E-state index contributed by atoms with van der Waals surface area (Å²) in [6, 6.07) is 2.87. The molecule has 0 bridgehead atoms. The van der Waals surface area contributed by atoms with Gasteiger partial charge in [-0.3, -0.25) is 9.69 Å². The van der Waals surface area contributed by atoms with E-state index >= 15 is 0 Å². The van der Waals surface area contributed by atoms with Gasteiger partial charge in [0.1, 0.15) is 0 Å². The Bertz CT molecular complexity index is 796. The van der Waals surface area contributed by atoms with Crippen LogP contribution in [0.5, 0.6) is 0 Å². The van der Waals surface area contributed by atoms with Gasteiger partial charge >= 0.3 is 0 Å². The Hall–Kier alpha value is -1.95. The fraction of sp³-hybridized carbons (Fsp3) is 0.632. The van der Waals surface area contributed by atoms with Crippen LogP contribution < -0.4 is 5.32 Å². The Morgan fingerprint density at radius 2 is 2.12 bits per heavy atom. The second-order valence-electron chi connectivity index (χ2n) is 7.70. The monoisotopic (exact) mass is 341 g/mol. The average molecular weight is 341 g/mol. The van der Waals surface area contributed by atoms with Gasteiger partial charge in [-0.15, -0.1) is 0 Å². The summed E-state index contributed by atoms with van der Waals surface area (Å²) in [5, 5.41) is 8.59. The third-order valence-electron chi connectivity index (χ3n) is 5.60. The van der Waals surface area contributed by atoms with Crippen LogP contribution in [0.15, 0.2) is 12.3 Å². The molecule has 2 saturated heterocycles. The molecule has 6 heteroatoms. The lowest BCUT2D eigenvalue weighted by Gasteiger charge is -2.32. The number of rotatable bonds is 3. The first-order valence-corrected chi connectivity index (χ1v) is 9.44. The first-order chi connectivity index (χ1) is 12.0. The Balaban J connectivity index is 1.62. The van der Waals surface area contributed by atoms with Crippen LogP contribution in [-0.4, -0.2) is 50.7 Å². The zero-order chi connectivity index (χ0) is 17.6. The molecule has 1 amide bonds. The van der Waals surface area contributed by atoms with Crippen molar-refractivity contribution in [3.8, 4) is 0 Å². The zero-order valence-corrected chi connectivity index (χ0v) is 15.3. The number of aromatic nitrogens is 3. The summed E-state index contributed by atoms with van der Waals surface area (Å²) in [4.78, 5) is 20.2. The van der Waals surface area contributed by atoms with Gasteiger partial charge in [-0.25, -0.2) is 9.67 Å². The second kappa shape index (κ2) is 6.41. The normalized spacial score (nSPS) is 24.0. The van der Waals surface area contributed by atoms with E-state index in [2.05, 4.69) is 34.1 Å². The highest BCUT2D eigenvalue weighted by Crippen LogP contribution is 2.28. The van der Waals surface area contributed by atoms with Crippen molar-refractivity contribution >= 4 is 16.9 Å². The van der Waals surface area contributed by atoms with Crippen molar-refractivity contribution in [1.29, 1.82) is 0 Å². The van der Waals surface area contributed by atoms with Crippen LogP contribution in [0.3, 0.4) is 0 Å². The minimum absolute atomic E-state index is 0.0104. The van der Waals surface area contributed by atoms with Crippen LogP contribution in [0.25, 0.3) is 11.0 Å². The third-order valence-corrected chi connectivity index (χ3v) is 5.60. The van der Waals surface area contributed by atoms with Crippen molar-refractivity contribution in [1.82, 2.24) is 25.0 Å². The minimum Gasteiger partial charge on any atom is -0.348 e. The summed E-state index contributed by atoms with van der Waals surface area (Å²) >= 11 is 0. The van der Waals surface area contributed by atoms with E-state index in [4.69, 9.17) is 0 Å². The molecule has 0 saturated carbocycles. The third kappa shape index (κ3) is 2.92. The van der Waals surface area contributed by atoms with Gasteiger partial charge < -0.3 is 5.32 Å². The SMILES string of the molecule is Cc1cc(C(=O)NC2CCN3CCCCC23)c2cnn(C(C)C)c2n1. The standard InChI is InChI=1S/C19H27N5O/c1-12(2)24-18-15(11-20-24)14(10-13(3)21-18)19(25)22-16-7-9-23-8-5-4-6-17(16)23/h10-12,16-17H,4-9H2,1-3H3,(H,22,25). The molecule has 6 nitrogen and oxygen atoms in total. The van der Waals surface area contributed by atoms with Gasteiger partial charge in [0.25, 0.3) is 5.91 Å². The molecule has 2 fully saturated rings. The highest BCUT2D eigenvalue weighted by Gasteiger charge is 2.36. The summed E-state index contributed by atoms with van der Waals surface area (Å²) in [6.07, 6.45) is 6.58. The average Bonchev–Trinajstić information content (AvgIpc) is 3.18. The van der Waals surface area contributed by atoms with E-state index in [1.807, 2.05) is 17.7 Å². The van der Waals surface area contributed by atoms with Gasteiger partial charge in [-0.05, 0) is 52.6 Å². The summed E-state index contributed by atoms with van der Waals surface area (Å²) < 4.78 is 1.89. The summed E-state index contributed by atoms with van der Waals surface area (Å²) in [6.45, 7) is 8.37. The van der Waals surface area contributed by atoms with E-state index in [0.717, 1.165) is 29.7 Å². The quantitative estimate of drug-likeness (QED) is 0.932. The van der Waals surface area contributed by atoms with Crippen molar-refractivity contribution in [2.75, 3.05) is 13.1 Å². The number of piperidine rings is 1. The van der Waals surface area contributed by atoms with Gasteiger partial charge in [0.15, 0.2) is 5.65 Å². The van der Waals surface area contributed by atoms with E-state index in [-0.39, 0.29) is 18.0 Å². The molecule has 0 aromatic carbocycles. The molecule has 0 aliphatic carbocycles. The largest absolute Gasteiger partial charge is 0.348 e. The van der Waals surface area contributed by atoms with Crippen molar-refractivity contribution in [2.45, 2.75) is 64.6 Å². The van der Waals surface area contributed by atoms with E-state index in [9.17, 15) is 4.79 Å². The molecule has 2 unspecified atom stereocenters. The molecule has 2 atom stereocenters. The fourth-order valence-electron chi connectivity index (χ4n) is 4.37. The van der Waals surface area contributed by atoms with Gasteiger partial charge in [-0.2, -0.15) is 5.10 Å². The molecule has 134 valence electrons. The number of carbonyl (C=O) groups is 1. The van der Waals surface area contributed by atoms with E-state index in [0.29, 0.717) is 11.6 Å². The molecule has 1 N–H and O–H groups in total. The number of nitrogens with one attached hydrogen (secondary N) is 1.